The minimum absolute atomic E-state index is 0.0487. The third kappa shape index (κ3) is 3.08. The SMILES string of the molecule is CCCO[P+](O)(O)C(=O)O. The van der Waals surface area contributed by atoms with Crippen molar-refractivity contribution >= 4 is 13.7 Å². The maximum Gasteiger partial charge on any atom is 0.542 e. The van der Waals surface area contributed by atoms with Crippen LogP contribution in [0, 0.1) is 0 Å². The van der Waals surface area contributed by atoms with Gasteiger partial charge in [-0.1, -0.05) is 6.92 Å². The summed E-state index contributed by atoms with van der Waals surface area (Å²) in [6, 6.07) is 0. The van der Waals surface area contributed by atoms with Crippen LogP contribution in [-0.2, 0) is 4.52 Å². The first-order valence-corrected chi connectivity index (χ1v) is 4.34. The van der Waals surface area contributed by atoms with E-state index in [0.717, 1.165) is 0 Å². The second-order valence-electron chi connectivity index (χ2n) is 1.66. The largest absolute Gasteiger partial charge is 0.542 e. The average Bonchev–Trinajstić information content (AvgIpc) is 1.84. The molecule has 60 valence electrons. The van der Waals surface area contributed by atoms with Crippen molar-refractivity contribution in [3.63, 3.8) is 0 Å². The van der Waals surface area contributed by atoms with Crippen molar-refractivity contribution in [1.29, 1.82) is 0 Å². The van der Waals surface area contributed by atoms with Crippen LogP contribution in [0.5, 0.6) is 0 Å². The van der Waals surface area contributed by atoms with Crippen molar-refractivity contribution in [2.75, 3.05) is 6.61 Å². The van der Waals surface area contributed by atoms with E-state index in [1.165, 1.54) is 0 Å². The standard InChI is InChI=1S/C4H9O5P/c1-2-3-9-10(7,8)4(5)6/h7-8H,2-3H2,1H3/p+1. The maximum atomic E-state index is 9.95. The van der Waals surface area contributed by atoms with Crippen molar-refractivity contribution in [3.8, 4) is 0 Å². The molecule has 10 heavy (non-hydrogen) atoms. The molecule has 0 spiro atoms. The average molecular weight is 169 g/mol. The Balaban J connectivity index is 3.75. The summed E-state index contributed by atoms with van der Waals surface area (Å²) in [6.45, 7) is 1.79. The molecule has 0 aromatic carbocycles. The van der Waals surface area contributed by atoms with Crippen LogP contribution in [-0.4, -0.2) is 27.2 Å². The molecule has 0 unspecified atom stereocenters. The van der Waals surface area contributed by atoms with Gasteiger partial charge in [-0.3, -0.25) is 0 Å². The summed E-state index contributed by atoms with van der Waals surface area (Å²) < 4.78 is 4.26. The second-order valence-corrected chi connectivity index (χ2v) is 3.39. The number of carboxylic acid groups (broad SMARTS) is 1. The first-order valence-electron chi connectivity index (χ1n) is 2.73. The third-order valence-electron chi connectivity index (χ3n) is 0.725. The van der Waals surface area contributed by atoms with E-state index < -0.39 is 13.7 Å². The van der Waals surface area contributed by atoms with Gasteiger partial charge in [0.15, 0.2) is 0 Å². The molecule has 5 nitrogen and oxygen atoms in total. The van der Waals surface area contributed by atoms with Crippen LogP contribution in [0.1, 0.15) is 13.3 Å². The summed E-state index contributed by atoms with van der Waals surface area (Å²) in [6.07, 6.45) is 0.552. The molecule has 0 atom stereocenters. The molecular weight excluding hydrogens is 159 g/mol. The Morgan fingerprint density at radius 2 is 2.10 bits per heavy atom. The zero-order chi connectivity index (χ0) is 8.20. The lowest BCUT2D eigenvalue weighted by molar-refractivity contribution is 0.183. The topological polar surface area (TPSA) is 87.0 Å². The molecule has 0 aromatic rings. The van der Waals surface area contributed by atoms with Crippen LogP contribution in [0.15, 0.2) is 0 Å². The van der Waals surface area contributed by atoms with E-state index in [2.05, 4.69) is 4.52 Å². The molecule has 0 aliphatic heterocycles. The molecule has 0 aromatic heterocycles. The molecule has 6 heteroatoms. The molecular formula is C4H10O5P+. The first kappa shape index (κ1) is 9.78. The van der Waals surface area contributed by atoms with Crippen LogP contribution >= 0.6 is 7.94 Å². The molecule has 0 heterocycles. The van der Waals surface area contributed by atoms with Gasteiger partial charge in [0, 0.05) is 0 Å². The minimum Gasteiger partial charge on any atom is -0.445 e. The highest BCUT2D eigenvalue weighted by Gasteiger charge is 2.47. The number of hydrogen-bond donors (Lipinski definition) is 3. The molecule has 0 aliphatic rings. The Bertz CT molecular complexity index is 123. The molecule has 0 rings (SSSR count). The zero-order valence-corrected chi connectivity index (χ0v) is 6.41. The molecule has 3 N–H and O–H groups in total. The van der Waals surface area contributed by atoms with Gasteiger partial charge < -0.3 is 5.11 Å². The van der Waals surface area contributed by atoms with E-state index in [0.29, 0.717) is 6.42 Å². The van der Waals surface area contributed by atoms with Crippen molar-refractivity contribution < 1.29 is 24.2 Å². The Hall–Kier alpha value is -0.220. The molecule has 0 aliphatic carbocycles. The molecule has 0 amide bonds. The van der Waals surface area contributed by atoms with Gasteiger partial charge in [0.1, 0.15) is 0 Å². The Kier molecular flexibility index (Phi) is 3.75. The van der Waals surface area contributed by atoms with E-state index in [-0.39, 0.29) is 6.61 Å². The molecule has 0 fully saturated rings. The van der Waals surface area contributed by atoms with Gasteiger partial charge in [-0.25, -0.2) is 0 Å². The van der Waals surface area contributed by atoms with E-state index >= 15 is 0 Å². The molecule has 0 saturated heterocycles. The zero-order valence-electron chi connectivity index (χ0n) is 5.52. The minimum atomic E-state index is -4.11. The number of carbonyl (C=O) groups is 1. The van der Waals surface area contributed by atoms with E-state index in [1.807, 2.05) is 0 Å². The fourth-order valence-corrected chi connectivity index (χ4v) is 0.821. The summed E-state index contributed by atoms with van der Waals surface area (Å²) in [4.78, 5) is 27.1. The lowest BCUT2D eigenvalue weighted by Crippen LogP contribution is -2.06. The lowest BCUT2D eigenvalue weighted by atomic mass is 10.5. The molecule has 0 bridgehead atoms. The van der Waals surface area contributed by atoms with E-state index in [1.54, 1.807) is 6.92 Å². The van der Waals surface area contributed by atoms with Crippen molar-refractivity contribution in [2.24, 2.45) is 0 Å². The van der Waals surface area contributed by atoms with Gasteiger partial charge in [-0.2, -0.15) is 19.1 Å². The second kappa shape index (κ2) is 3.83. The first-order chi connectivity index (χ1) is 4.50. The van der Waals surface area contributed by atoms with Gasteiger partial charge in [0.25, 0.3) is 0 Å². The van der Waals surface area contributed by atoms with Gasteiger partial charge in [-0.05, 0) is 6.42 Å². The van der Waals surface area contributed by atoms with Crippen LogP contribution in [0.25, 0.3) is 0 Å². The highest BCUT2D eigenvalue weighted by molar-refractivity contribution is 7.76. The van der Waals surface area contributed by atoms with Gasteiger partial charge in [-0.15, -0.1) is 0 Å². The Morgan fingerprint density at radius 1 is 1.60 bits per heavy atom. The Morgan fingerprint density at radius 3 is 2.40 bits per heavy atom. The fraction of sp³-hybridized carbons (Fsp3) is 0.750. The van der Waals surface area contributed by atoms with Gasteiger partial charge >= 0.3 is 13.7 Å². The van der Waals surface area contributed by atoms with Crippen LogP contribution < -0.4 is 0 Å². The predicted molar refractivity (Wildman–Crippen MR) is 35.6 cm³/mol. The summed E-state index contributed by atoms with van der Waals surface area (Å²) in [5, 5.41) is 8.09. The summed E-state index contributed by atoms with van der Waals surface area (Å²) in [5.41, 5.74) is -1.69. The monoisotopic (exact) mass is 169 g/mol. The van der Waals surface area contributed by atoms with Crippen molar-refractivity contribution in [1.82, 2.24) is 0 Å². The summed E-state index contributed by atoms with van der Waals surface area (Å²) in [5.74, 6) is 0. The third-order valence-corrected chi connectivity index (χ3v) is 1.77. The van der Waals surface area contributed by atoms with Crippen molar-refractivity contribution in [2.45, 2.75) is 13.3 Å². The maximum absolute atomic E-state index is 9.95. The number of hydrogen-bond acceptors (Lipinski definition) is 4. The van der Waals surface area contributed by atoms with E-state index in [9.17, 15) is 4.79 Å². The van der Waals surface area contributed by atoms with Gasteiger partial charge in [0.05, 0.1) is 6.61 Å². The fourth-order valence-electron chi connectivity index (χ4n) is 0.274. The smallest absolute Gasteiger partial charge is 0.445 e. The van der Waals surface area contributed by atoms with Crippen molar-refractivity contribution in [3.05, 3.63) is 0 Å². The van der Waals surface area contributed by atoms with Crippen LogP contribution in [0.2, 0.25) is 0 Å². The lowest BCUT2D eigenvalue weighted by Gasteiger charge is -2.02. The highest BCUT2D eigenvalue weighted by atomic mass is 31.2. The van der Waals surface area contributed by atoms with E-state index in [4.69, 9.17) is 14.9 Å². The predicted octanol–water partition coefficient (Wildman–Crippen LogP) is 0.838. The van der Waals surface area contributed by atoms with Crippen LogP contribution in [0.3, 0.4) is 0 Å². The highest BCUT2D eigenvalue weighted by Crippen LogP contribution is 2.51. The number of rotatable bonds is 4. The Labute approximate surface area is 58.8 Å². The van der Waals surface area contributed by atoms with Crippen LogP contribution in [0.4, 0.5) is 4.79 Å². The summed E-state index contributed by atoms with van der Waals surface area (Å²) in [7, 11) is -4.11. The quantitative estimate of drug-likeness (QED) is 0.542. The van der Waals surface area contributed by atoms with Gasteiger partial charge in [0.2, 0.25) is 0 Å². The summed E-state index contributed by atoms with van der Waals surface area (Å²) >= 11 is 0. The molecule has 0 radical (unpaired) electrons. The molecule has 0 saturated carbocycles. The normalized spacial score (nSPS) is 11.5.